The van der Waals surface area contributed by atoms with Gasteiger partial charge < -0.3 is 15.0 Å². The van der Waals surface area contributed by atoms with Crippen LogP contribution in [-0.4, -0.2) is 63.2 Å². The van der Waals surface area contributed by atoms with Crippen molar-refractivity contribution in [2.24, 2.45) is 5.92 Å². The van der Waals surface area contributed by atoms with E-state index in [-0.39, 0.29) is 29.5 Å². The van der Waals surface area contributed by atoms with E-state index in [9.17, 15) is 18.0 Å². The lowest BCUT2D eigenvalue weighted by Crippen LogP contribution is -2.54. The van der Waals surface area contributed by atoms with Gasteiger partial charge in [0.25, 0.3) is 10.0 Å². The number of carbonyl (C=O) groups is 2. The zero-order valence-electron chi connectivity index (χ0n) is 19.4. The normalized spacial score (nSPS) is 17.6. The summed E-state index contributed by atoms with van der Waals surface area (Å²) in [5, 5.41) is 5.93. The van der Waals surface area contributed by atoms with Crippen molar-refractivity contribution < 1.29 is 22.7 Å². The number of sulfonamides is 1. The molecular formula is C24H32N4O5S. The molecule has 1 aliphatic heterocycles. The Morgan fingerprint density at radius 2 is 1.71 bits per heavy atom. The molecule has 10 heteroatoms. The molecule has 9 nitrogen and oxygen atoms in total. The van der Waals surface area contributed by atoms with Crippen LogP contribution in [0.1, 0.15) is 38.5 Å². The standard InChI is InChI=1S/C24H32N4O5S/c1-33-24(30)27-14-12-18(13-15-27)17-28(23(29)25-21-8-4-5-9-21)26-34(31,32)22-11-10-19-6-2-3-7-20(19)16-22/h2-3,6-7,10-11,16,18,21,26H,4-5,8-9,12-15,17H2,1H3,(H,25,29). The van der Waals surface area contributed by atoms with Crippen LogP contribution in [0.15, 0.2) is 47.4 Å². The van der Waals surface area contributed by atoms with Crippen LogP contribution < -0.4 is 10.1 Å². The summed E-state index contributed by atoms with van der Waals surface area (Å²) in [5.74, 6) is 0.0505. The third-order valence-electron chi connectivity index (χ3n) is 6.68. The molecule has 2 fully saturated rings. The molecule has 1 aliphatic carbocycles. The van der Waals surface area contributed by atoms with Crippen LogP contribution in [0.5, 0.6) is 0 Å². The molecule has 2 aromatic carbocycles. The average Bonchev–Trinajstić information content (AvgIpc) is 3.36. The zero-order valence-corrected chi connectivity index (χ0v) is 20.2. The number of carbonyl (C=O) groups excluding carboxylic acids is 2. The van der Waals surface area contributed by atoms with E-state index in [1.54, 1.807) is 23.1 Å². The van der Waals surface area contributed by atoms with Crippen LogP contribution in [0.25, 0.3) is 10.8 Å². The van der Waals surface area contributed by atoms with Gasteiger partial charge in [-0.25, -0.2) is 23.0 Å². The summed E-state index contributed by atoms with van der Waals surface area (Å²) >= 11 is 0. The van der Waals surface area contributed by atoms with Crippen molar-refractivity contribution in [2.45, 2.75) is 49.5 Å². The maximum atomic E-state index is 13.2. The van der Waals surface area contributed by atoms with Gasteiger partial charge in [-0.3, -0.25) is 0 Å². The van der Waals surface area contributed by atoms with E-state index in [4.69, 9.17) is 4.74 Å². The van der Waals surface area contributed by atoms with Gasteiger partial charge in [-0.2, -0.15) is 0 Å². The summed E-state index contributed by atoms with van der Waals surface area (Å²) in [4.78, 5) is 29.1. The number of piperidine rings is 1. The van der Waals surface area contributed by atoms with E-state index >= 15 is 0 Å². The molecule has 0 bridgehead atoms. The van der Waals surface area contributed by atoms with E-state index in [1.807, 2.05) is 24.3 Å². The molecule has 2 aromatic rings. The van der Waals surface area contributed by atoms with E-state index in [2.05, 4.69) is 10.1 Å². The highest BCUT2D eigenvalue weighted by Crippen LogP contribution is 2.22. The lowest BCUT2D eigenvalue weighted by atomic mass is 9.97. The van der Waals surface area contributed by atoms with Crippen molar-refractivity contribution in [3.63, 3.8) is 0 Å². The number of rotatable bonds is 6. The Morgan fingerprint density at radius 3 is 2.38 bits per heavy atom. The minimum atomic E-state index is -3.98. The van der Waals surface area contributed by atoms with Crippen molar-refractivity contribution in [3.8, 4) is 0 Å². The molecule has 0 atom stereocenters. The van der Waals surface area contributed by atoms with Gasteiger partial charge in [0.2, 0.25) is 0 Å². The molecule has 1 saturated carbocycles. The number of nitrogens with zero attached hydrogens (tertiary/aromatic N) is 2. The summed E-state index contributed by atoms with van der Waals surface area (Å²) < 4.78 is 31.3. The van der Waals surface area contributed by atoms with Crippen LogP contribution in [-0.2, 0) is 14.8 Å². The fourth-order valence-electron chi connectivity index (χ4n) is 4.70. The fraction of sp³-hybridized carbons (Fsp3) is 0.500. The Balaban J connectivity index is 1.49. The number of hydrogen-bond donors (Lipinski definition) is 2. The minimum Gasteiger partial charge on any atom is -0.453 e. The first-order chi connectivity index (χ1) is 16.4. The third kappa shape index (κ3) is 5.79. The maximum Gasteiger partial charge on any atom is 0.409 e. The van der Waals surface area contributed by atoms with Gasteiger partial charge in [0, 0.05) is 25.7 Å². The molecule has 184 valence electrons. The van der Waals surface area contributed by atoms with Crippen molar-refractivity contribution >= 4 is 32.9 Å². The van der Waals surface area contributed by atoms with Crippen LogP contribution >= 0.6 is 0 Å². The largest absolute Gasteiger partial charge is 0.453 e. The Hall–Kier alpha value is -2.85. The lowest BCUT2D eigenvalue weighted by molar-refractivity contribution is 0.0977. The average molecular weight is 489 g/mol. The minimum absolute atomic E-state index is 0.0505. The number of ether oxygens (including phenoxy) is 1. The van der Waals surface area contributed by atoms with Crippen molar-refractivity contribution in [1.29, 1.82) is 0 Å². The molecule has 4 rings (SSSR count). The zero-order chi connectivity index (χ0) is 24.1. The molecule has 0 aromatic heterocycles. The highest BCUT2D eigenvalue weighted by Gasteiger charge is 2.30. The van der Waals surface area contributed by atoms with Crippen molar-refractivity contribution in [2.75, 3.05) is 26.7 Å². The number of amides is 3. The van der Waals surface area contributed by atoms with Gasteiger partial charge in [-0.05, 0) is 54.5 Å². The predicted molar refractivity (Wildman–Crippen MR) is 128 cm³/mol. The molecule has 34 heavy (non-hydrogen) atoms. The maximum absolute atomic E-state index is 13.2. The summed E-state index contributed by atoms with van der Waals surface area (Å²) in [6, 6.07) is 12.1. The predicted octanol–water partition coefficient (Wildman–Crippen LogP) is 3.47. The van der Waals surface area contributed by atoms with Crippen LogP contribution in [0, 0.1) is 5.92 Å². The molecule has 2 aliphatic rings. The number of nitrogens with one attached hydrogen (secondary N) is 2. The van der Waals surface area contributed by atoms with Crippen molar-refractivity contribution in [1.82, 2.24) is 20.1 Å². The Bertz CT molecular complexity index is 1130. The number of benzene rings is 2. The van der Waals surface area contributed by atoms with E-state index in [1.165, 1.54) is 12.1 Å². The summed E-state index contributed by atoms with van der Waals surface area (Å²) in [7, 11) is -2.63. The van der Waals surface area contributed by atoms with Crippen LogP contribution in [0.2, 0.25) is 0 Å². The summed E-state index contributed by atoms with van der Waals surface area (Å²) in [6.45, 7) is 1.24. The molecule has 1 heterocycles. The molecule has 1 saturated heterocycles. The molecule has 0 radical (unpaired) electrons. The van der Waals surface area contributed by atoms with E-state index in [0.717, 1.165) is 36.5 Å². The topological polar surface area (TPSA) is 108 Å². The van der Waals surface area contributed by atoms with Gasteiger partial charge in [-0.1, -0.05) is 43.2 Å². The molecular weight excluding hydrogens is 456 g/mol. The van der Waals surface area contributed by atoms with Gasteiger partial charge in [0.05, 0.1) is 12.0 Å². The second-order valence-electron chi connectivity index (χ2n) is 9.05. The Morgan fingerprint density at radius 1 is 1.03 bits per heavy atom. The van der Waals surface area contributed by atoms with Gasteiger partial charge in [-0.15, -0.1) is 4.83 Å². The number of hydrogen-bond acceptors (Lipinski definition) is 5. The SMILES string of the molecule is COC(=O)N1CCC(CN(NS(=O)(=O)c2ccc3ccccc3c2)C(=O)NC2CCCC2)CC1. The number of likely N-dealkylation sites (tertiary alicyclic amines) is 1. The van der Waals surface area contributed by atoms with Crippen LogP contribution in [0.4, 0.5) is 9.59 Å². The highest BCUT2D eigenvalue weighted by molar-refractivity contribution is 7.89. The number of urea groups is 1. The number of fused-ring (bicyclic) bond motifs is 1. The first-order valence-corrected chi connectivity index (χ1v) is 13.3. The smallest absolute Gasteiger partial charge is 0.409 e. The molecule has 3 amide bonds. The number of methoxy groups -OCH3 is 1. The first-order valence-electron chi connectivity index (χ1n) is 11.8. The third-order valence-corrected chi connectivity index (χ3v) is 8.01. The second kappa shape index (κ2) is 10.6. The van der Waals surface area contributed by atoms with E-state index in [0.29, 0.717) is 25.9 Å². The quantitative estimate of drug-likeness (QED) is 0.606. The second-order valence-corrected chi connectivity index (χ2v) is 10.7. The highest BCUT2D eigenvalue weighted by atomic mass is 32.2. The fourth-order valence-corrected chi connectivity index (χ4v) is 5.78. The van der Waals surface area contributed by atoms with Gasteiger partial charge in [0.15, 0.2) is 0 Å². The number of hydrazine groups is 1. The summed E-state index contributed by atoms with van der Waals surface area (Å²) in [5.41, 5.74) is 0. The van der Waals surface area contributed by atoms with E-state index < -0.39 is 16.1 Å². The van der Waals surface area contributed by atoms with Crippen LogP contribution in [0.3, 0.4) is 0 Å². The van der Waals surface area contributed by atoms with Crippen molar-refractivity contribution in [3.05, 3.63) is 42.5 Å². The van der Waals surface area contributed by atoms with Gasteiger partial charge in [0.1, 0.15) is 0 Å². The Kier molecular flexibility index (Phi) is 7.57. The molecule has 0 spiro atoms. The Labute approximate surface area is 200 Å². The molecule has 2 N–H and O–H groups in total. The summed E-state index contributed by atoms with van der Waals surface area (Å²) in [6.07, 6.45) is 4.84. The first kappa shape index (κ1) is 24.3. The lowest BCUT2D eigenvalue weighted by Gasteiger charge is -2.34. The van der Waals surface area contributed by atoms with Gasteiger partial charge >= 0.3 is 12.1 Å². The monoisotopic (exact) mass is 488 g/mol. The molecule has 0 unspecified atom stereocenters.